The van der Waals surface area contributed by atoms with Gasteiger partial charge in [-0.3, -0.25) is 0 Å². The molecule has 0 amide bonds. The summed E-state index contributed by atoms with van der Waals surface area (Å²) in [5, 5.41) is 0. The molecule has 2 N–H and O–H groups in total. The molecule has 1 aromatic rings. The monoisotopic (exact) mass is 236 g/mol. The second-order valence-corrected chi connectivity index (χ2v) is 4.55. The number of benzene rings is 1. The van der Waals surface area contributed by atoms with E-state index in [1.54, 1.807) is 7.11 Å². The maximum absolute atomic E-state index is 5.79. The Hall–Kier alpha value is -1.22. The van der Waals surface area contributed by atoms with Gasteiger partial charge in [0, 0.05) is 19.6 Å². The lowest BCUT2D eigenvalue weighted by molar-refractivity contribution is 0.414. The van der Waals surface area contributed by atoms with E-state index in [0.29, 0.717) is 0 Å². The molecule has 0 saturated heterocycles. The fraction of sp³-hybridized carbons (Fsp3) is 0.571. The van der Waals surface area contributed by atoms with Crippen molar-refractivity contribution >= 4 is 5.69 Å². The molecule has 96 valence electrons. The van der Waals surface area contributed by atoms with Crippen LogP contribution in [0.25, 0.3) is 0 Å². The van der Waals surface area contributed by atoms with Gasteiger partial charge in [0.05, 0.1) is 12.8 Å². The molecule has 0 heterocycles. The summed E-state index contributed by atoms with van der Waals surface area (Å²) in [5.41, 5.74) is 8.26. The minimum atomic E-state index is 0.234. The highest BCUT2D eigenvalue weighted by molar-refractivity contribution is 5.59. The number of nitrogens with two attached hydrogens (primary N) is 1. The smallest absolute Gasteiger partial charge is 0.142 e. The van der Waals surface area contributed by atoms with E-state index in [1.807, 2.05) is 13.0 Å². The highest BCUT2D eigenvalue weighted by Crippen LogP contribution is 2.28. The highest BCUT2D eigenvalue weighted by atomic mass is 16.5. The Morgan fingerprint density at radius 2 is 2.12 bits per heavy atom. The van der Waals surface area contributed by atoms with Gasteiger partial charge in [0.2, 0.25) is 0 Å². The minimum absolute atomic E-state index is 0.234. The van der Waals surface area contributed by atoms with Crippen molar-refractivity contribution in [2.75, 3.05) is 25.6 Å². The summed E-state index contributed by atoms with van der Waals surface area (Å²) in [6, 6.07) is 6.58. The van der Waals surface area contributed by atoms with Crippen LogP contribution < -0.4 is 15.4 Å². The number of methoxy groups -OCH3 is 1. The normalized spacial score (nSPS) is 12.3. The first-order valence-corrected chi connectivity index (χ1v) is 6.22. The third-order valence-electron chi connectivity index (χ3n) is 2.98. The molecule has 0 radical (unpaired) electrons. The molecule has 0 aliphatic rings. The van der Waals surface area contributed by atoms with Crippen molar-refractivity contribution in [2.24, 2.45) is 5.73 Å². The molecule has 1 atom stereocenters. The van der Waals surface area contributed by atoms with Gasteiger partial charge in [-0.2, -0.15) is 0 Å². The van der Waals surface area contributed by atoms with Crippen LogP contribution in [0.3, 0.4) is 0 Å². The Kier molecular flexibility index (Phi) is 5.29. The van der Waals surface area contributed by atoms with Gasteiger partial charge in [0.15, 0.2) is 0 Å². The third kappa shape index (κ3) is 3.93. The molecule has 3 heteroatoms. The maximum Gasteiger partial charge on any atom is 0.142 e. The first-order chi connectivity index (χ1) is 8.08. The zero-order valence-corrected chi connectivity index (χ0v) is 11.4. The van der Waals surface area contributed by atoms with Crippen molar-refractivity contribution in [3.05, 3.63) is 23.8 Å². The number of hydrogen-bond acceptors (Lipinski definition) is 3. The van der Waals surface area contributed by atoms with E-state index in [2.05, 4.69) is 31.0 Å². The highest BCUT2D eigenvalue weighted by Gasteiger charge is 2.09. The van der Waals surface area contributed by atoms with Crippen LogP contribution in [0.4, 0.5) is 5.69 Å². The predicted molar refractivity (Wildman–Crippen MR) is 73.9 cm³/mol. The second-order valence-electron chi connectivity index (χ2n) is 4.55. The lowest BCUT2D eigenvalue weighted by Crippen LogP contribution is -2.26. The minimum Gasteiger partial charge on any atom is -0.495 e. The van der Waals surface area contributed by atoms with Crippen LogP contribution in [0, 0.1) is 0 Å². The Labute approximate surface area is 105 Å². The van der Waals surface area contributed by atoms with Crippen molar-refractivity contribution < 1.29 is 4.74 Å². The van der Waals surface area contributed by atoms with Crippen LogP contribution in [-0.2, 0) is 6.42 Å². The van der Waals surface area contributed by atoms with Crippen LogP contribution in [-0.4, -0.2) is 26.7 Å². The summed E-state index contributed by atoms with van der Waals surface area (Å²) < 4.78 is 5.40. The second kappa shape index (κ2) is 6.50. The van der Waals surface area contributed by atoms with E-state index >= 15 is 0 Å². The first-order valence-electron chi connectivity index (χ1n) is 6.22. The van der Waals surface area contributed by atoms with Crippen molar-refractivity contribution in [1.82, 2.24) is 0 Å². The summed E-state index contributed by atoms with van der Waals surface area (Å²) in [6.07, 6.45) is 2.02. The maximum atomic E-state index is 5.79. The average molecular weight is 236 g/mol. The topological polar surface area (TPSA) is 38.5 Å². The molecule has 0 spiro atoms. The van der Waals surface area contributed by atoms with Crippen molar-refractivity contribution in [3.63, 3.8) is 0 Å². The molecule has 0 bridgehead atoms. The van der Waals surface area contributed by atoms with Gasteiger partial charge < -0.3 is 15.4 Å². The number of aryl methyl sites for hydroxylation is 1. The van der Waals surface area contributed by atoms with Gasteiger partial charge in [-0.25, -0.2) is 0 Å². The zero-order valence-electron chi connectivity index (χ0n) is 11.4. The van der Waals surface area contributed by atoms with Gasteiger partial charge in [0.25, 0.3) is 0 Å². The van der Waals surface area contributed by atoms with Gasteiger partial charge >= 0.3 is 0 Å². The molecular weight excluding hydrogens is 212 g/mol. The summed E-state index contributed by atoms with van der Waals surface area (Å²) in [5.74, 6) is 0.925. The molecule has 1 aromatic carbocycles. The van der Waals surface area contributed by atoms with Crippen LogP contribution >= 0.6 is 0 Å². The lowest BCUT2D eigenvalue weighted by atomic mass is 10.1. The molecule has 1 unspecified atom stereocenters. The van der Waals surface area contributed by atoms with E-state index in [4.69, 9.17) is 10.5 Å². The SMILES string of the molecule is CCc1ccc(OC)c(N(C)CCC(C)N)c1. The molecule has 3 nitrogen and oxygen atoms in total. The van der Waals surface area contributed by atoms with Crippen molar-refractivity contribution in [1.29, 1.82) is 0 Å². The molecule has 0 aliphatic carbocycles. The lowest BCUT2D eigenvalue weighted by Gasteiger charge is -2.23. The number of rotatable bonds is 6. The van der Waals surface area contributed by atoms with Gasteiger partial charge in [-0.15, -0.1) is 0 Å². The van der Waals surface area contributed by atoms with Crippen LogP contribution in [0.2, 0.25) is 0 Å². The molecule has 17 heavy (non-hydrogen) atoms. The Bertz CT molecular complexity index is 350. The van der Waals surface area contributed by atoms with Crippen molar-refractivity contribution in [2.45, 2.75) is 32.7 Å². The first kappa shape index (κ1) is 13.8. The van der Waals surface area contributed by atoms with Gasteiger partial charge in [0.1, 0.15) is 5.75 Å². The van der Waals surface area contributed by atoms with Gasteiger partial charge in [-0.1, -0.05) is 13.0 Å². The van der Waals surface area contributed by atoms with Crippen LogP contribution in [0.1, 0.15) is 25.8 Å². The zero-order chi connectivity index (χ0) is 12.8. The Morgan fingerprint density at radius 3 is 2.65 bits per heavy atom. The summed E-state index contributed by atoms with van der Waals surface area (Å²) >= 11 is 0. The largest absolute Gasteiger partial charge is 0.495 e. The molecule has 0 saturated carbocycles. The summed E-state index contributed by atoms with van der Waals surface area (Å²) in [4.78, 5) is 2.21. The number of nitrogens with zero attached hydrogens (tertiary/aromatic N) is 1. The Morgan fingerprint density at radius 1 is 1.41 bits per heavy atom. The number of ether oxygens (including phenoxy) is 1. The summed E-state index contributed by atoms with van der Waals surface area (Å²) in [6.45, 7) is 5.14. The van der Waals surface area contributed by atoms with E-state index in [-0.39, 0.29) is 6.04 Å². The van der Waals surface area contributed by atoms with Crippen LogP contribution in [0.5, 0.6) is 5.75 Å². The Balaban J connectivity index is 2.85. The van der Waals surface area contributed by atoms with E-state index < -0.39 is 0 Å². The molecule has 1 rings (SSSR count). The van der Waals surface area contributed by atoms with Crippen LogP contribution in [0.15, 0.2) is 18.2 Å². The third-order valence-corrected chi connectivity index (χ3v) is 2.98. The van der Waals surface area contributed by atoms with E-state index in [1.165, 1.54) is 5.56 Å². The number of hydrogen-bond donors (Lipinski definition) is 1. The fourth-order valence-corrected chi connectivity index (χ4v) is 1.77. The molecule has 0 aliphatic heterocycles. The number of anilines is 1. The fourth-order valence-electron chi connectivity index (χ4n) is 1.77. The summed E-state index contributed by atoms with van der Waals surface area (Å²) in [7, 11) is 3.80. The van der Waals surface area contributed by atoms with E-state index in [0.717, 1.165) is 30.8 Å². The quantitative estimate of drug-likeness (QED) is 0.824. The molecule has 0 aromatic heterocycles. The van der Waals surface area contributed by atoms with E-state index in [9.17, 15) is 0 Å². The molecular formula is C14H24N2O. The average Bonchev–Trinajstić information content (AvgIpc) is 2.34. The van der Waals surface area contributed by atoms with Gasteiger partial charge in [-0.05, 0) is 37.5 Å². The standard InChI is InChI=1S/C14H24N2O/c1-5-12-6-7-14(17-4)13(10-12)16(3)9-8-11(2)15/h6-7,10-11H,5,8-9,15H2,1-4H3. The molecule has 0 fully saturated rings. The predicted octanol–water partition coefficient (Wildman–Crippen LogP) is 2.43. The van der Waals surface area contributed by atoms with Crippen molar-refractivity contribution in [3.8, 4) is 5.75 Å².